The molecule has 10 nitrogen and oxygen atoms in total. The van der Waals surface area contributed by atoms with Gasteiger partial charge in [-0.3, -0.25) is 4.79 Å². The molecule has 0 unspecified atom stereocenters. The van der Waals surface area contributed by atoms with Gasteiger partial charge in [0, 0.05) is 42.2 Å². The zero-order valence-electron chi connectivity index (χ0n) is 24.6. The Bertz CT molecular complexity index is 1590. The Labute approximate surface area is 250 Å². The van der Waals surface area contributed by atoms with Crippen molar-refractivity contribution in [2.24, 2.45) is 4.99 Å². The van der Waals surface area contributed by atoms with Crippen LogP contribution in [0.4, 0.5) is 10.5 Å². The van der Waals surface area contributed by atoms with Crippen LogP contribution >= 0.6 is 0 Å². The van der Waals surface area contributed by atoms with E-state index in [1.807, 2.05) is 61.5 Å². The number of aromatic nitrogens is 1. The highest BCUT2D eigenvalue weighted by Gasteiger charge is 2.24. The van der Waals surface area contributed by atoms with E-state index in [-0.39, 0.29) is 23.6 Å². The number of likely N-dealkylation sites (tertiary alicyclic amines) is 1. The fourth-order valence-electron chi connectivity index (χ4n) is 5.08. The van der Waals surface area contributed by atoms with Crippen LogP contribution in [0.15, 0.2) is 77.8 Å². The van der Waals surface area contributed by atoms with E-state index in [1.54, 1.807) is 30.3 Å². The summed E-state index contributed by atoms with van der Waals surface area (Å²) < 4.78 is 15.7. The number of H-pyrrole nitrogens is 1. The largest absolute Gasteiger partial charge is 0.513 e. The highest BCUT2D eigenvalue weighted by Crippen LogP contribution is 2.33. The number of nitrogens with zero attached hydrogens (tertiary/aromatic N) is 3. The van der Waals surface area contributed by atoms with Gasteiger partial charge in [0.2, 0.25) is 0 Å². The van der Waals surface area contributed by atoms with Crippen LogP contribution in [0.1, 0.15) is 34.3 Å². The van der Waals surface area contributed by atoms with Gasteiger partial charge in [0.05, 0.1) is 42.3 Å². The molecule has 1 saturated heterocycles. The van der Waals surface area contributed by atoms with Crippen LogP contribution in [0.25, 0.3) is 10.9 Å². The van der Waals surface area contributed by atoms with Gasteiger partial charge < -0.3 is 34.1 Å². The van der Waals surface area contributed by atoms with Gasteiger partial charge in [-0.1, -0.05) is 30.3 Å². The average Bonchev–Trinajstić information content (AvgIpc) is 3.34. The average molecular weight is 585 g/mol. The number of aliphatic imine (C=N–C) groups is 1. The number of piperidine rings is 1. The lowest BCUT2D eigenvalue weighted by atomic mass is 10.0. The molecule has 2 heterocycles. The van der Waals surface area contributed by atoms with Gasteiger partial charge >= 0.3 is 6.16 Å². The first kappa shape index (κ1) is 29.8. The quantitative estimate of drug-likeness (QED) is 0.154. The smallest absolute Gasteiger partial charge is 0.494 e. The second kappa shape index (κ2) is 13.5. The standard InChI is InChI=1S/C33H36N4O6/c1-36(2)19-20-42-25-15-17-37(18-16-25)32(39)23-9-11-24(12-10-23)34-30(22-7-5-4-6-8-22)29-27-14-13-26(43-33(40)41-3)21-28(27)35-31(29)38/h4-14,21,25,35,38H,15-20H2,1-3H3. The summed E-state index contributed by atoms with van der Waals surface area (Å²) in [5.41, 5.74) is 3.63. The number of aromatic hydroxyl groups is 1. The van der Waals surface area contributed by atoms with E-state index in [1.165, 1.54) is 7.11 Å². The second-order valence-electron chi connectivity index (χ2n) is 10.7. The molecule has 0 spiro atoms. The van der Waals surface area contributed by atoms with E-state index in [2.05, 4.69) is 14.6 Å². The van der Waals surface area contributed by atoms with Gasteiger partial charge in [-0.2, -0.15) is 0 Å². The van der Waals surface area contributed by atoms with Gasteiger partial charge in [-0.15, -0.1) is 0 Å². The van der Waals surface area contributed by atoms with Gasteiger partial charge in [0.1, 0.15) is 5.75 Å². The third-order valence-electron chi connectivity index (χ3n) is 7.38. The lowest BCUT2D eigenvalue weighted by Gasteiger charge is -2.32. The van der Waals surface area contributed by atoms with Gasteiger partial charge in [0.25, 0.3) is 5.91 Å². The third kappa shape index (κ3) is 7.22. The normalized spacial score (nSPS) is 14.3. The molecule has 0 radical (unpaired) electrons. The molecule has 1 fully saturated rings. The van der Waals surface area contributed by atoms with Crippen molar-refractivity contribution in [3.05, 3.63) is 89.5 Å². The predicted molar refractivity (Wildman–Crippen MR) is 165 cm³/mol. The molecular formula is C33H36N4O6. The van der Waals surface area contributed by atoms with Gasteiger partial charge in [0.15, 0.2) is 5.88 Å². The number of fused-ring (bicyclic) bond motifs is 1. The van der Waals surface area contributed by atoms with E-state index in [0.717, 1.165) is 24.9 Å². The van der Waals surface area contributed by atoms with Crippen LogP contribution in [0.5, 0.6) is 11.6 Å². The molecule has 0 bridgehead atoms. The fraction of sp³-hybridized carbons (Fsp3) is 0.303. The Kier molecular flexibility index (Phi) is 9.38. The van der Waals surface area contributed by atoms with Gasteiger partial charge in [-0.25, -0.2) is 9.79 Å². The Morgan fingerprint density at radius 2 is 1.72 bits per heavy atom. The minimum Gasteiger partial charge on any atom is -0.494 e. The summed E-state index contributed by atoms with van der Waals surface area (Å²) in [6.07, 6.45) is 1.00. The molecule has 1 aliphatic heterocycles. The molecule has 43 heavy (non-hydrogen) atoms. The van der Waals surface area contributed by atoms with Crippen LogP contribution in [-0.2, 0) is 9.47 Å². The van der Waals surface area contributed by atoms with Crippen molar-refractivity contribution in [1.82, 2.24) is 14.8 Å². The molecule has 0 atom stereocenters. The first-order chi connectivity index (χ1) is 20.8. The van der Waals surface area contributed by atoms with Crippen LogP contribution in [-0.4, -0.2) is 91.2 Å². The first-order valence-corrected chi connectivity index (χ1v) is 14.2. The molecule has 1 amide bonds. The van der Waals surface area contributed by atoms with E-state index >= 15 is 0 Å². The summed E-state index contributed by atoms with van der Waals surface area (Å²) in [4.78, 5) is 36.6. The highest BCUT2D eigenvalue weighted by atomic mass is 16.7. The molecule has 224 valence electrons. The van der Waals surface area contributed by atoms with Crippen LogP contribution in [0, 0.1) is 0 Å². The molecule has 0 saturated carbocycles. The van der Waals surface area contributed by atoms with E-state index in [9.17, 15) is 14.7 Å². The number of benzene rings is 3. The van der Waals surface area contributed by atoms with Crippen molar-refractivity contribution in [2.45, 2.75) is 18.9 Å². The fourth-order valence-corrected chi connectivity index (χ4v) is 5.08. The topological polar surface area (TPSA) is 117 Å². The zero-order valence-corrected chi connectivity index (χ0v) is 24.6. The summed E-state index contributed by atoms with van der Waals surface area (Å²) in [6.45, 7) is 2.90. The maximum Gasteiger partial charge on any atom is 0.513 e. The Hall–Kier alpha value is -4.67. The van der Waals surface area contributed by atoms with E-state index < -0.39 is 6.16 Å². The minimum absolute atomic E-state index is 0.00944. The Balaban J connectivity index is 1.36. The number of nitrogens with one attached hydrogen (secondary N) is 1. The van der Waals surface area contributed by atoms with Crippen molar-refractivity contribution >= 4 is 34.4 Å². The molecule has 1 aromatic heterocycles. The highest BCUT2D eigenvalue weighted by molar-refractivity contribution is 6.22. The zero-order chi connectivity index (χ0) is 30.3. The maximum atomic E-state index is 13.2. The number of hydrogen-bond acceptors (Lipinski definition) is 8. The lowest BCUT2D eigenvalue weighted by Crippen LogP contribution is -2.41. The molecular weight excluding hydrogens is 548 g/mol. The number of carbonyl (C=O) groups excluding carboxylic acids is 2. The predicted octanol–water partition coefficient (Wildman–Crippen LogP) is 5.37. The van der Waals surface area contributed by atoms with Crippen molar-refractivity contribution in [3.8, 4) is 11.6 Å². The lowest BCUT2D eigenvalue weighted by molar-refractivity contribution is 0.00393. The van der Waals surface area contributed by atoms with Crippen LogP contribution < -0.4 is 4.74 Å². The van der Waals surface area contributed by atoms with Crippen LogP contribution in [0.3, 0.4) is 0 Å². The number of rotatable bonds is 9. The summed E-state index contributed by atoms with van der Waals surface area (Å²) in [5.74, 6) is 0.185. The first-order valence-electron chi connectivity index (χ1n) is 14.2. The number of likely N-dealkylation sites (N-methyl/N-ethyl adjacent to an activating group) is 1. The van der Waals surface area contributed by atoms with Crippen molar-refractivity contribution in [3.63, 3.8) is 0 Å². The molecule has 5 rings (SSSR count). The number of methoxy groups -OCH3 is 1. The number of amides is 1. The summed E-state index contributed by atoms with van der Waals surface area (Å²) >= 11 is 0. The Morgan fingerprint density at radius 1 is 1.00 bits per heavy atom. The van der Waals surface area contributed by atoms with Gasteiger partial charge in [-0.05, 0) is 63.3 Å². The van der Waals surface area contributed by atoms with E-state index in [4.69, 9.17) is 14.5 Å². The number of carbonyl (C=O) groups is 2. The van der Waals surface area contributed by atoms with Crippen molar-refractivity contribution in [1.29, 1.82) is 0 Å². The monoisotopic (exact) mass is 584 g/mol. The molecule has 2 N–H and O–H groups in total. The maximum absolute atomic E-state index is 13.2. The number of aromatic amines is 1. The summed E-state index contributed by atoms with van der Waals surface area (Å²) in [5, 5.41) is 11.7. The minimum atomic E-state index is -0.835. The second-order valence-corrected chi connectivity index (χ2v) is 10.7. The summed E-state index contributed by atoms with van der Waals surface area (Å²) in [6, 6.07) is 21.7. The third-order valence-corrected chi connectivity index (χ3v) is 7.38. The van der Waals surface area contributed by atoms with Crippen LogP contribution in [0.2, 0.25) is 0 Å². The molecule has 0 aliphatic carbocycles. The summed E-state index contributed by atoms with van der Waals surface area (Å²) in [7, 11) is 5.28. The molecule has 1 aliphatic rings. The van der Waals surface area contributed by atoms with Crippen molar-refractivity contribution in [2.75, 3.05) is 47.4 Å². The van der Waals surface area contributed by atoms with E-state index in [0.29, 0.717) is 53.1 Å². The Morgan fingerprint density at radius 3 is 2.40 bits per heavy atom. The SMILES string of the molecule is COC(=O)Oc1ccc2c(C(=Nc3ccc(C(=O)N4CCC(OCCN(C)C)CC4)cc3)c3ccccc3)c(O)[nH]c2c1. The molecule has 3 aromatic carbocycles. The molecule has 4 aromatic rings. The molecule has 10 heteroatoms. The number of ether oxygens (including phenoxy) is 3. The van der Waals surface area contributed by atoms with Crippen molar-refractivity contribution < 1.29 is 28.9 Å². The number of hydrogen-bond donors (Lipinski definition) is 2.